The number of thiazole rings is 1. The molecule has 9 nitrogen and oxygen atoms in total. The van der Waals surface area contributed by atoms with Crippen molar-refractivity contribution in [3.05, 3.63) is 65.9 Å². The van der Waals surface area contributed by atoms with Crippen LogP contribution in [0, 0.1) is 18.6 Å². The van der Waals surface area contributed by atoms with Gasteiger partial charge in [0.05, 0.1) is 53.7 Å². The second kappa shape index (κ2) is 9.14. The predicted molar refractivity (Wildman–Crippen MR) is 137 cm³/mol. The second-order valence-electron chi connectivity index (χ2n) is 8.76. The summed E-state index contributed by atoms with van der Waals surface area (Å²) in [6.45, 7) is 1.64. The van der Waals surface area contributed by atoms with Crippen LogP contribution in [-0.4, -0.2) is 50.9 Å². The monoisotopic (exact) mass is 535 g/mol. The fourth-order valence-corrected chi connectivity index (χ4v) is 5.65. The Hall–Kier alpha value is -4.45. The lowest BCUT2D eigenvalue weighted by atomic mass is 10.1. The molecule has 0 unspecified atom stereocenters. The minimum absolute atomic E-state index is 0.0523. The van der Waals surface area contributed by atoms with Crippen LogP contribution in [0.1, 0.15) is 11.4 Å². The minimum Gasteiger partial charge on any atom is -0.495 e. The van der Waals surface area contributed by atoms with E-state index in [9.17, 15) is 14.3 Å². The van der Waals surface area contributed by atoms with Crippen LogP contribution >= 0.6 is 11.3 Å². The van der Waals surface area contributed by atoms with E-state index in [1.54, 1.807) is 19.2 Å². The fraction of sp³-hybridized carbons (Fsp3) is 0.192. The Morgan fingerprint density at radius 1 is 1.18 bits per heavy atom. The molecular weight excluding hydrogens is 516 g/mol. The molecule has 3 aromatic heterocycles. The molecular formula is C26H19F2N5O4S. The standard InChI is InChI=1S/C26H19F2N5O4S/c1-12-29-8-15(9-30-12)33(26(34)35)11-17-6-19-23(37-17)20(28)7-21-24(19)38-25(32-21)18-5-14(27)3-13-4-16(36-2)10-31-22(13)18/h3-5,7-10,17H,6,11H2,1-2H3,(H,34,35)/t17-/m1/s1. The number of pyridine rings is 1. The van der Waals surface area contributed by atoms with Crippen molar-refractivity contribution in [3.8, 4) is 22.1 Å². The lowest BCUT2D eigenvalue weighted by molar-refractivity contribution is 0.190. The number of aryl methyl sites for hydroxylation is 1. The molecule has 1 aliphatic heterocycles. The van der Waals surface area contributed by atoms with Crippen molar-refractivity contribution < 1.29 is 28.2 Å². The van der Waals surface area contributed by atoms with Crippen molar-refractivity contribution >= 4 is 44.2 Å². The minimum atomic E-state index is -1.20. The lowest BCUT2D eigenvalue weighted by Gasteiger charge is -2.22. The number of amides is 1. The maximum atomic E-state index is 15.1. The highest BCUT2D eigenvalue weighted by Gasteiger charge is 2.33. The molecule has 6 rings (SSSR count). The summed E-state index contributed by atoms with van der Waals surface area (Å²) in [5, 5.41) is 10.8. The van der Waals surface area contributed by atoms with Crippen molar-refractivity contribution in [2.45, 2.75) is 19.4 Å². The van der Waals surface area contributed by atoms with Gasteiger partial charge >= 0.3 is 6.09 Å². The molecule has 0 saturated carbocycles. The zero-order chi connectivity index (χ0) is 26.6. The predicted octanol–water partition coefficient (Wildman–Crippen LogP) is 5.38. The average molecular weight is 536 g/mol. The Bertz CT molecular complexity index is 1730. The molecule has 0 fully saturated rings. The Balaban J connectivity index is 1.37. The molecule has 4 heterocycles. The molecule has 0 spiro atoms. The molecule has 12 heteroatoms. The van der Waals surface area contributed by atoms with Crippen LogP contribution < -0.4 is 14.4 Å². The number of benzene rings is 2. The van der Waals surface area contributed by atoms with Crippen LogP contribution in [0.25, 0.3) is 31.7 Å². The first-order valence-corrected chi connectivity index (χ1v) is 12.3. The number of hydrogen-bond donors (Lipinski definition) is 1. The number of ether oxygens (including phenoxy) is 2. The molecule has 0 saturated heterocycles. The topological polar surface area (TPSA) is 111 Å². The summed E-state index contributed by atoms with van der Waals surface area (Å²) in [4.78, 5) is 30.2. The molecule has 0 bridgehead atoms. The summed E-state index contributed by atoms with van der Waals surface area (Å²) in [7, 11) is 1.51. The van der Waals surface area contributed by atoms with Gasteiger partial charge < -0.3 is 14.6 Å². The molecule has 192 valence electrons. The molecule has 2 aromatic carbocycles. The number of fused-ring (bicyclic) bond motifs is 4. The summed E-state index contributed by atoms with van der Waals surface area (Å²) < 4.78 is 41.4. The molecule has 0 radical (unpaired) electrons. The molecule has 1 N–H and O–H groups in total. The van der Waals surface area contributed by atoms with E-state index >= 15 is 4.39 Å². The van der Waals surface area contributed by atoms with Crippen molar-refractivity contribution in [3.63, 3.8) is 0 Å². The zero-order valence-corrected chi connectivity index (χ0v) is 20.9. The highest BCUT2D eigenvalue weighted by Crippen LogP contribution is 2.43. The summed E-state index contributed by atoms with van der Waals surface area (Å²) in [5.74, 6) is 0.00787. The molecule has 1 atom stereocenters. The van der Waals surface area contributed by atoms with Crippen molar-refractivity contribution in [1.82, 2.24) is 19.9 Å². The van der Waals surface area contributed by atoms with Crippen LogP contribution in [0.4, 0.5) is 19.3 Å². The Morgan fingerprint density at radius 3 is 2.71 bits per heavy atom. The normalized spacial score (nSPS) is 14.5. The molecule has 5 aromatic rings. The third-order valence-electron chi connectivity index (χ3n) is 6.28. The number of aromatic nitrogens is 4. The van der Waals surface area contributed by atoms with E-state index in [2.05, 4.69) is 19.9 Å². The second-order valence-corrected chi connectivity index (χ2v) is 9.76. The van der Waals surface area contributed by atoms with E-state index < -0.39 is 23.8 Å². The first-order chi connectivity index (χ1) is 18.3. The van der Waals surface area contributed by atoms with Gasteiger partial charge in [0.1, 0.15) is 28.5 Å². The number of hydrogen-bond acceptors (Lipinski definition) is 8. The van der Waals surface area contributed by atoms with Crippen LogP contribution in [0.5, 0.6) is 11.5 Å². The van der Waals surface area contributed by atoms with Crippen molar-refractivity contribution in [1.29, 1.82) is 0 Å². The van der Waals surface area contributed by atoms with Gasteiger partial charge in [-0.05, 0) is 25.1 Å². The molecule has 38 heavy (non-hydrogen) atoms. The number of carbonyl (C=O) groups is 1. The third kappa shape index (κ3) is 4.12. The van der Waals surface area contributed by atoms with Gasteiger partial charge in [-0.1, -0.05) is 0 Å². The number of anilines is 1. The van der Waals surface area contributed by atoms with E-state index in [1.165, 1.54) is 49.0 Å². The first-order valence-electron chi connectivity index (χ1n) is 11.5. The maximum absolute atomic E-state index is 15.1. The largest absolute Gasteiger partial charge is 0.495 e. The van der Waals surface area contributed by atoms with E-state index in [-0.39, 0.29) is 24.4 Å². The highest BCUT2D eigenvalue weighted by atomic mass is 32.1. The molecule has 1 aliphatic rings. The van der Waals surface area contributed by atoms with Crippen LogP contribution in [0.3, 0.4) is 0 Å². The summed E-state index contributed by atoms with van der Waals surface area (Å²) in [6.07, 6.45) is 2.79. The maximum Gasteiger partial charge on any atom is 0.412 e. The quantitative estimate of drug-likeness (QED) is 0.319. The van der Waals surface area contributed by atoms with Gasteiger partial charge in [0.2, 0.25) is 0 Å². The summed E-state index contributed by atoms with van der Waals surface area (Å²) in [6, 6.07) is 5.68. The van der Waals surface area contributed by atoms with E-state index in [0.29, 0.717) is 48.8 Å². The van der Waals surface area contributed by atoms with E-state index in [1.807, 2.05) is 0 Å². The lowest BCUT2D eigenvalue weighted by Crippen LogP contribution is -2.38. The molecule has 0 aliphatic carbocycles. The van der Waals surface area contributed by atoms with Crippen LogP contribution in [-0.2, 0) is 6.42 Å². The van der Waals surface area contributed by atoms with Gasteiger partial charge in [0.25, 0.3) is 0 Å². The van der Waals surface area contributed by atoms with Gasteiger partial charge in [-0.2, -0.15) is 0 Å². The van der Waals surface area contributed by atoms with E-state index in [4.69, 9.17) is 9.47 Å². The van der Waals surface area contributed by atoms with Crippen LogP contribution in [0.2, 0.25) is 0 Å². The van der Waals surface area contributed by atoms with E-state index in [0.717, 1.165) is 4.90 Å². The van der Waals surface area contributed by atoms with Crippen molar-refractivity contribution in [2.24, 2.45) is 0 Å². The number of rotatable bonds is 5. The number of halogens is 2. The van der Waals surface area contributed by atoms with Crippen LogP contribution in [0.15, 0.2) is 42.9 Å². The summed E-state index contributed by atoms with van der Waals surface area (Å²) in [5.41, 5.74) is 2.29. The Labute approximate surface area is 218 Å². The SMILES string of the molecule is COc1cnc2c(-c3nc4cc(F)c5c(c4s3)C[C@H](CN(C(=O)O)c3cnc(C)nc3)O5)cc(F)cc2c1. The highest BCUT2D eigenvalue weighted by molar-refractivity contribution is 7.22. The van der Waals surface area contributed by atoms with Gasteiger partial charge in [-0.3, -0.25) is 9.88 Å². The van der Waals surface area contributed by atoms with Crippen molar-refractivity contribution in [2.75, 3.05) is 18.6 Å². The third-order valence-corrected chi connectivity index (χ3v) is 7.45. The first kappa shape index (κ1) is 23.9. The zero-order valence-electron chi connectivity index (χ0n) is 20.1. The Kier molecular flexibility index (Phi) is 5.75. The number of methoxy groups -OCH3 is 1. The summed E-state index contributed by atoms with van der Waals surface area (Å²) >= 11 is 1.28. The van der Waals surface area contributed by atoms with Gasteiger partial charge in [0, 0.05) is 29.0 Å². The number of nitrogens with zero attached hydrogens (tertiary/aromatic N) is 5. The number of carboxylic acid groups (broad SMARTS) is 1. The molecule has 1 amide bonds. The van der Waals surface area contributed by atoms with Gasteiger partial charge in [-0.15, -0.1) is 11.3 Å². The average Bonchev–Trinajstić information content (AvgIpc) is 3.51. The van der Waals surface area contributed by atoms with Gasteiger partial charge in [0.15, 0.2) is 11.6 Å². The fourth-order valence-electron chi connectivity index (χ4n) is 4.54. The van der Waals surface area contributed by atoms with Gasteiger partial charge in [-0.25, -0.2) is 28.5 Å². The Morgan fingerprint density at radius 2 is 1.97 bits per heavy atom. The smallest absolute Gasteiger partial charge is 0.412 e.